The van der Waals surface area contributed by atoms with Crippen molar-refractivity contribution in [1.29, 1.82) is 0 Å². The van der Waals surface area contributed by atoms with E-state index in [1.54, 1.807) is 0 Å². The average molecular weight is 639 g/mol. The van der Waals surface area contributed by atoms with Crippen LogP contribution in [0.2, 0.25) is 0 Å². The first-order valence-corrected chi connectivity index (χ1v) is 17.4. The van der Waals surface area contributed by atoms with Crippen LogP contribution in [0.4, 0.5) is 0 Å². The number of fused-ring (bicyclic) bond motifs is 2. The van der Waals surface area contributed by atoms with Crippen molar-refractivity contribution in [2.24, 2.45) is 0 Å². The molecule has 0 radical (unpaired) electrons. The molecule has 10 rings (SSSR count). The van der Waals surface area contributed by atoms with Crippen molar-refractivity contribution >= 4 is 53.9 Å². The molecule has 0 N–H and O–H groups in total. The van der Waals surface area contributed by atoms with Crippen LogP contribution in [0.15, 0.2) is 170 Å². The molecule has 0 atom stereocenters. The fourth-order valence-corrected chi connectivity index (χ4v) is 7.69. The van der Waals surface area contributed by atoms with Crippen molar-refractivity contribution in [2.75, 3.05) is 0 Å². The minimum Gasteiger partial charge on any atom is -0.228 e. The van der Waals surface area contributed by atoms with Crippen molar-refractivity contribution < 1.29 is 0 Å². The zero-order valence-electron chi connectivity index (χ0n) is 28.1. The van der Waals surface area contributed by atoms with Gasteiger partial charge in [0, 0.05) is 16.7 Å². The van der Waals surface area contributed by atoms with Gasteiger partial charge < -0.3 is 0 Å². The molecule has 0 saturated heterocycles. The van der Waals surface area contributed by atoms with E-state index < -0.39 is 0 Å². The van der Waals surface area contributed by atoms with Crippen LogP contribution in [0.1, 0.15) is 13.8 Å². The maximum absolute atomic E-state index is 5.30. The number of rotatable bonds is 4. The van der Waals surface area contributed by atoms with Gasteiger partial charge in [-0.05, 0) is 71.1 Å². The molecule has 0 aliphatic carbocycles. The number of hydrogen-bond acceptors (Lipinski definition) is 2. The van der Waals surface area contributed by atoms with Crippen LogP contribution in [-0.2, 0) is 0 Å². The van der Waals surface area contributed by atoms with Gasteiger partial charge in [-0.2, -0.15) is 0 Å². The van der Waals surface area contributed by atoms with Gasteiger partial charge in [0.15, 0.2) is 5.82 Å². The van der Waals surface area contributed by atoms with E-state index in [2.05, 4.69) is 158 Å². The zero-order chi connectivity index (χ0) is 33.6. The van der Waals surface area contributed by atoms with E-state index in [0.717, 1.165) is 44.7 Å². The summed E-state index contributed by atoms with van der Waals surface area (Å²) in [6.45, 7) is 4.00. The highest BCUT2D eigenvalue weighted by Crippen LogP contribution is 2.47. The van der Waals surface area contributed by atoms with Gasteiger partial charge in [0.25, 0.3) is 0 Å². The molecule has 236 valence electrons. The summed E-state index contributed by atoms with van der Waals surface area (Å²) in [7, 11) is 0. The third-order valence-corrected chi connectivity index (χ3v) is 9.82. The Labute approximate surface area is 291 Å². The van der Waals surface area contributed by atoms with Crippen LogP contribution in [0.25, 0.3) is 98.9 Å². The lowest BCUT2D eigenvalue weighted by Crippen LogP contribution is -1.98. The minimum atomic E-state index is 0.726. The SMILES string of the molecule is CC.c1ccc(-c2cc(-c3ccccc3)nc(-c3c4ccccc4c(-c4ccc5ccc6cccc7ccc4c5c67)c4ccccc34)n2)cc1. The fraction of sp³-hybridized carbons (Fsp3) is 0.0417. The van der Waals surface area contributed by atoms with Crippen molar-refractivity contribution in [3.63, 3.8) is 0 Å². The van der Waals surface area contributed by atoms with Crippen molar-refractivity contribution in [3.05, 3.63) is 170 Å². The highest BCUT2D eigenvalue weighted by atomic mass is 14.9. The zero-order valence-corrected chi connectivity index (χ0v) is 28.1. The molecule has 0 bridgehead atoms. The number of nitrogens with zero attached hydrogens (tertiary/aromatic N) is 2. The molecule has 0 spiro atoms. The predicted octanol–water partition coefficient (Wildman–Crippen LogP) is 13.4. The monoisotopic (exact) mass is 638 g/mol. The van der Waals surface area contributed by atoms with Gasteiger partial charge in [-0.25, -0.2) is 9.97 Å². The Morgan fingerprint density at radius 3 is 1.32 bits per heavy atom. The third kappa shape index (κ3) is 4.72. The van der Waals surface area contributed by atoms with Gasteiger partial charge >= 0.3 is 0 Å². The lowest BCUT2D eigenvalue weighted by atomic mass is 9.84. The van der Waals surface area contributed by atoms with Gasteiger partial charge in [-0.15, -0.1) is 0 Å². The summed E-state index contributed by atoms with van der Waals surface area (Å²) in [6.07, 6.45) is 0. The summed E-state index contributed by atoms with van der Waals surface area (Å²) in [4.78, 5) is 10.6. The third-order valence-electron chi connectivity index (χ3n) is 9.82. The van der Waals surface area contributed by atoms with Crippen LogP contribution < -0.4 is 0 Å². The lowest BCUT2D eigenvalue weighted by molar-refractivity contribution is 1.19. The van der Waals surface area contributed by atoms with Crippen molar-refractivity contribution in [2.45, 2.75) is 13.8 Å². The van der Waals surface area contributed by atoms with E-state index in [-0.39, 0.29) is 0 Å². The van der Waals surface area contributed by atoms with E-state index in [4.69, 9.17) is 9.97 Å². The first kappa shape index (κ1) is 29.7. The molecule has 10 aromatic rings. The number of hydrogen-bond donors (Lipinski definition) is 0. The van der Waals surface area contributed by atoms with Crippen molar-refractivity contribution in [3.8, 4) is 45.0 Å². The molecule has 0 aliphatic heterocycles. The molecule has 0 amide bonds. The van der Waals surface area contributed by atoms with E-state index >= 15 is 0 Å². The van der Waals surface area contributed by atoms with E-state index in [0.29, 0.717) is 0 Å². The van der Waals surface area contributed by atoms with Gasteiger partial charge in [0.1, 0.15) is 0 Å². The van der Waals surface area contributed by atoms with Crippen LogP contribution in [-0.4, -0.2) is 9.97 Å². The molecule has 0 aliphatic rings. The van der Waals surface area contributed by atoms with Crippen LogP contribution in [0.5, 0.6) is 0 Å². The second-order valence-electron chi connectivity index (χ2n) is 12.5. The lowest BCUT2D eigenvalue weighted by Gasteiger charge is -2.20. The summed E-state index contributed by atoms with van der Waals surface area (Å²) in [5.74, 6) is 0.726. The van der Waals surface area contributed by atoms with Gasteiger partial charge in [-0.1, -0.05) is 178 Å². The van der Waals surface area contributed by atoms with Crippen LogP contribution in [0, 0.1) is 0 Å². The Kier molecular flexibility index (Phi) is 7.29. The molecule has 9 aromatic carbocycles. The molecule has 50 heavy (non-hydrogen) atoms. The topological polar surface area (TPSA) is 25.8 Å². The van der Waals surface area contributed by atoms with Gasteiger partial charge in [-0.3, -0.25) is 0 Å². The van der Waals surface area contributed by atoms with E-state index in [1.807, 2.05) is 26.0 Å². The quantitative estimate of drug-likeness (QED) is 0.142. The first-order chi connectivity index (χ1) is 24.8. The van der Waals surface area contributed by atoms with Crippen molar-refractivity contribution in [1.82, 2.24) is 9.97 Å². The molecular weight excluding hydrogens is 605 g/mol. The highest BCUT2D eigenvalue weighted by molar-refractivity contribution is 6.29. The van der Waals surface area contributed by atoms with Crippen LogP contribution in [0.3, 0.4) is 0 Å². The van der Waals surface area contributed by atoms with E-state index in [9.17, 15) is 0 Å². The second-order valence-corrected chi connectivity index (χ2v) is 12.5. The second kappa shape index (κ2) is 12.3. The Hall–Kier alpha value is -6.38. The Balaban J connectivity index is 0.00000165. The molecule has 2 nitrogen and oxygen atoms in total. The predicted molar refractivity (Wildman–Crippen MR) is 214 cm³/mol. The molecule has 0 saturated carbocycles. The highest BCUT2D eigenvalue weighted by Gasteiger charge is 2.21. The summed E-state index contributed by atoms with van der Waals surface area (Å²) >= 11 is 0. The minimum absolute atomic E-state index is 0.726. The Morgan fingerprint density at radius 2 is 0.780 bits per heavy atom. The first-order valence-electron chi connectivity index (χ1n) is 17.4. The summed E-state index contributed by atoms with van der Waals surface area (Å²) in [5, 5.41) is 12.4. The summed E-state index contributed by atoms with van der Waals surface area (Å²) in [6, 6.07) is 60.8. The maximum Gasteiger partial charge on any atom is 0.161 e. The Morgan fingerprint density at radius 1 is 0.340 bits per heavy atom. The Bertz CT molecular complexity index is 2690. The molecule has 2 heteroatoms. The number of benzene rings is 9. The largest absolute Gasteiger partial charge is 0.228 e. The standard InChI is InChI=1S/C46H28N2.C2H6/c1-3-12-29(13-4-1)40-28-41(30-14-5-2-6-15-30)48-46(47-40)45-36-20-9-7-18-34(36)44(35-19-8-10-21-37(35)45)39-27-25-33-23-22-31-16-11-17-32-24-26-38(39)43(33)42(31)32;1-2/h1-28H;1-2H3. The summed E-state index contributed by atoms with van der Waals surface area (Å²) < 4.78 is 0. The summed E-state index contributed by atoms with van der Waals surface area (Å²) in [5.41, 5.74) is 7.48. The molecule has 0 unspecified atom stereocenters. The molecule has 1 heterocycles. The van der Waals surface area contributed by atoms with Gasteiger partial charge in [0.2, 0.25) is 0 Å². The van der Waals surface area contributed by atoms with Gasteiger partial charge in [0.05, 0.1) is 11.4 Å². The number of aromatic nitrogens is 2. The normalized spacial score (nSPS) is 11.4. The van der Waals surface area contributed by atoms with E-state index in [1.165, 1.54) is 54.2 Å². The maximum atomic E-state index is 5.30. The fourth-order valence-electron chi connectivity index (χ4n) is 7.69. The smallest absolute Gasteiger partial charge is 0.161 e. The molecule has 1 aromatic heterocycles. The molecule has 0 fully saturated rings. The van der Waals surface area contributed by atoms with Crippen LogP contribution >= 0.6 is 0 Å². The molecular formula is C48H34N2. The average Bonchev–Trinajstić information content (AvgIpc) is 3.20.